The van der Waals surface area contributed by atoms with Gasteiger partial charge in [-0.3, -0.25) is 0 Å². The van der Waals surface area contributed by atoms with Gasteiger partial charge in [-0.15, -0.1) is 0 Å². The van der Waals surface area contributed by atoms with Gasteiger partial charge in [-0.2, -0.15) is 0 Å². The molecule has 6 heteroatoms. The first-order chi connectivity index (χ1) is 15.7. The highest BCUT2D eigenvalue weighted by Crippen LogP contribution is 2.44. The number of rotatable bonds is 4. The van der Waals surface area contributed by atoms with E-state index in [9.17, 15) is 5.11 Å². The Kier molecular flexibility index (Phi) is 4.63. The van der Waals surface area contributed by atoms with Crippen LogP contribution in [0.5, 0.6) is 0 Å². The zero-order chi connectivity index (χ0) is 21.7. The monoisotopic (exact) mass is 423 g/mol. The fraction of sp³-hybridized carbons (Fsp3) is 0.269. The van der Waals surface area contributed by atoms with Gasteiger partial charge in [0.1, 0.15) is 11.2 Å². The fourth-order valence-corrected chi connectivity index (χ4v) is 4.89. The van der Waals surface area contributed by atoms with Crippen molar-refractivity contribution in [2.24, 2.45) is 5.10 Å². The number of aromatic nitrogens is 2. The molecule has 0 radical (unpaired) electrons. The van der Waals surface area contributed by atoms with Crippen molar-refractivity contribution < 1.29 is 9.78 Å². The Bertz CT molecular complexity index is 1370. The van der Waals surface area contributed by atoms with E-state index in [2.05, 4.69) is 58.3 Å². The standard InChI is InChI=1S/C26H25N5O/c1-29-14-16-30(17-15-29)13-12-23(32)28-31-22-11-3-2-10-21(22)27-25-19-8-4-6-18-7-5-9-20(24(18)19)26(25)31/h2-11H,12-17H2,1H3. The predicted molar refractivity (Wildman–Crippen MR) is 125 cm³/mol. The first-order valence-corrected chi connectivity index (χ1v) is 11.2. The molecule has 32 heavy (non-hydrogen) atoms. The molecule has 6 rings (SSSR count). The third-order valence-corrected chi connectivity index (χ3v) is 6.64. The lowest BCUT2D eigenvalue weighted by Crippen LogP contribution is -2.45. The van der Waals surface area contributed by atoms with Gasteiger partial charge in [0, 0.05) is 55.6 Å². The molecule has 0 N–H and O–H groups in total. The minimum absolute atomic E-state index is 0.101. The molecule has 1 aromatic heterocycles. The third-order valence-electron chi connectivity index (χ3n) is 6.64. The zero-order valence-corrected chi connectivity index (χ0v) is 18.2. The predicted octanol–water partition coefficient (Wildman–Crippen LogP) is 2.48. The largest absolute Gasteiger partial charge is 0.858 e. The van der Waals surface area contributed by atoms with Crippen LogP contribution in [0.4, 0.5) is 0 Å². The normalized spacial score (nSPS) is 16.7. The summed E-state index contributed by atoms with van der Waals surface area (Å²) in [7, 11) is 2.14. The Balaban J connectivity index is 1.45. The average molecular weight is 424 g/mol. The van der Waals surface area contributed by atoms with E-state index in [-0.39, 0.29) is 5.90 Å². The van der Waals surface area contributed by atoms with Gasteiger partial charge in [0.25, 0.3) is 11.2 Å². The molecule has 6 nitrogen and oxygen atoms in total. The van der Waals surface area contributed by atoms with Crippen molar-refractivity contribution in [1.82, 2.24) is 14.8 Å². The first kappa shape index (κ1) is 19.3. The number of nitrogens with zero attached hydrogens (tertiary/aromatic N) is 5. The van der Waals surface area contributed by atoms with Crippen LogP contribution in [0.25, 0.3) is 44.3 Å². The van der Waals surface area contributed by atoms with E-state index in [1.54, 1.807) is 0 Å². The van der Waals surface area contributed by atoms with E-state index < -0.39 is 0 Å². The van der Waals surface area contributed by atoms with Crippen molar-refractivity contribution in [3.63, 3.8) is 0 Å². The third kappa shape index (κ3) is 3.15. The quantitative estimate of drug-likeness (QED) is 0.253. The first-order valence-electron chi connectivity index (χ1n) is 11.2. The Morgan fingerprint density at radius 1 is 0.969 bits per heavy atom. The number of piperazine rings is 1. The topological polar surface area (TPSA) is 58.7 Å². The Morgan fingerprint density at radius 3 is 2.53 bits per heavy atom. The molecule has 1 saturated heterocycles. The van der Waals surface area contributed by atoms with Gasteiger partial charge in [0.2, 0.25) is 0 Å². The van der Waals surface area contributed by atoms with Crippen molar-refractivity contribution in [3.05, 3.63) is 60.7 Å². The smallest absolute Gasteiger partial charge is 0.272 e. The van der Waals surface area contributed by atoms with Gasteiger partial charge in [0.05, 0.1) is 5.56 Å². The summed E-state index contributed by atoms with van der Waals surface area (Å²) < 4.78 is 1.83. The molecule has 1 aliphatic carbocycles. The summed E-state index contributed by atoms with van der Waals surface area (Å²) in [5.41, 5.74) is 5.68. The van der Waals surface area contributed by atoms with Crippen LogP contribution in [0.15, 0.2) is 65.8 Å². The zero-order valence-electron chi connectivity index (χ0n) is 18.2. The van der Waals surface area contributed by atoms with Crippen LogP contribution in [0.1, 0.15) is 6.42 Å². The lowest BCUT2D eigenvalue weighted by Gasteiger charge is -2.32. The van der Waals surface area contributed by atoms with Crippen molar-refractivity contribution in [1.29, 1.82) is 0 Å². The van der Waals surface area contributed by atoms with Crippen LogP contribution < -0.4 is 9.78 Å². The molecule has 0 bridgehead atoms. The average Bonchev–Trinajstić information content (AvgIpc) is 3.14. The van der Waals surface area contributed by atoms with Crippen LogP contribution in [0, 0.1) is 0 Å². The van der Waals surface area contributed by atoms with Crippen LogP contribution in [-0.4, -0.2) is 60.5 Å². The van der Waals surface area contributed by atoms with E-state index in [4.69, 9.17) is 4.98 Å². The van der Waals surface area contributed by atoms with Crippen molar-refractivity contribution in [2.75, 3.05) is 39.8 Å². The molecule has 2 aliphatic rings. The molecular weight excluding hydrogens is 398 g/mol. The molecule has 0 unspecified atom stereocenters. The van der Waals surface area contributed by atoms with Gasteiger partial charge in [-0.25, -0.2) is 4.98 Å². The van der Waals surface area contributed by atoms with Crippen LogP contribution >= 0.6 is 0 Å². The van der Waals surface area contributed by atoms with Crippen molar-refractivity contribution in [2.45, 2.75) is 6.42 Å². The maximum atomic E-state index is 13.0. The summed E-state index contributed by atoms with van der Waals surface area (Å²) in [5, 5.41) is 20.0. The summed E-state index contributed by atoms with van der Waals surface area (Å²) in [4.78, 5) is 9.66. The number of likely N-dealkylation sites (N-methyl/N-ethyl adjacent to an activating group) is 1. The number of hydrogen-bond acceptors (Lipinski definition) is 5. The van der Waals surface area contributed by atoms with E-state index in [0.29, 0.717) is 6.42 Å². The highest BCUT2D eigenvalue weighted by atomic mass is 16.3. The van der Waals surface area contributed by atoms with E-state index >= 15 is 0 Å². The number of para-hydroxylation sites is 2. The maximum absolute atomic E-state index is 13.0. The summed E-state index contributed by atoms with van der Waals surface area (Å²) in [6.45, 7) is 4.84. The minimum atomic E-state index is -0.101. The lowest BCUT2D eigenvalue weighted by atomic mass is 10.0. The molecule has 1 fully saturated rings. The number of fused-ring (bicyclic) bond motifs is 4. The molecule has 4 aromatic rings. The summed E-state index contributed by atoms with van der Waals surface area (Å²) in [5.74, 6) is -0.101. The summed E-state index contributed by atoms with van der Waals surface area (Å²) >= 11 is 0. The second-order valence-electron chi connectivity index (χ2n) is 8.71. The molecule has 2 heterocycles. The fourth-order valence-electron chi connectivity index (χ4n) is 4.89. The highest BCUT2D eigenvalue weighted by Gasteiger charge is 2.33. The van der Waals surface area contributed by atoms with E-state index in [0.717, 1.165) is 66.3 Å². The maximum Gasteiger partial charge on any atom is 0.272 e. The van der Waals surface area contributed by atoms with Crippen LogP contribution in [0.2, 0.25) is 0 Å². The Morgan fingerprint density at radius 2 is 1.72 bits per heavy atom. The minimum Gasteiger partial charge on any atom is -0.858 e. The molecule has 0 saturated carbocycles. The SMILES string of the molecule is CN1CCN(CCC([O-])=N[n+]2c3c(nc4ccccc42)-c2cccc4cccc-3c24)CC1. The second-order valence-corrected chi connectivity index (χ2v) is 8.71. The molecule has 0 atom stereocenters. The van der Waals surface area contributed by atoms with Crippen molar-refractivity contribution in [3.8, 4) is 22.5 Å². The van der Waals surface area contributed by atoms with Crippen molar-refractivity contribution >= 4 is 27.7 Å². The molecule has 0 amide bonds. The number of benzene rings is 3. The Labute approximate surface area is 187 Å². The molecule has 3 aromatic carbocycles. The summed E-state index contributed by atoms with van der Waals surface area (Å²) in [6.07, 6.45) is 0.416. The number of hydrogen-bond donors (Lipinski definition) is 0. The van der Waals surface area contributed by atoms with E-state index in [1.807, 2.05) is 28.9 Å². The van der Waals surface area contributed by atoms with Gasteiger partial charge in [-0.1, -0.05) is 42.5 Å². The summed E-state index contributed by atoms with van der Waals surface area (Å²) in [6, 6.07) is 20.5. The molecule has 160 valence electrons. The van der Waals surface area contributed by atoms with Gasteiger partial charge in [-0.05, 0) is 40.8 Å². The molecule has 0 spiro atoms. The molecular formula is C26H25N5O. The highest BCUT2D eigenvalue weighted by molar-refractivity contribution is 6.13. The van der Waals surface area contributed by atoms with Crippen LogP contribution in [-0.2, 0) is 0 Å². The van der Waals surface area contributed by atoms with Crippen LogP contribution in [0.3, 0.4) is 0 Å². The van der Waals surface area contributed by atoms with Gasteiger partial charge in [0.15, 0.2) is 0 Å². The Hall–Kier alpha value is -3.35. The van der Waals surface area contributed by atoms with Gasteiger partial charge >= 0.3 is 0 Å². The van der Waals surface area contributed by atoms with E-state index in [1.165, 1.54) is 10.8 Å². The second kappa shape index (κ2) is 7.65. The van der Waals surface area contributed by atoms with Gasteiger partial charge < -0.3 is 14.9 Å². The lowest BCUT2D eigenvalue weighted by molar-refractivity contribution is -0.644. The molecule has 1 aliphatic heterocycles.